The van der Waals surface area contributed by atoms with Gasteiger partial charge in [0.1, 0.15) is 5.75 Å². The summed E-state index contributed by atoms with van der Waals surface area (Å²) in [5, 5.41) is 2.97. The van der Waals surface area contributed by atoms with Crippen LogP contribution < -0.4 is 15.0 Å². The normalized spacial score (nSPS) is 14.2. The van der Waals surface area contributed by atoms with Gasteiger partial charge in [0.05, 0.1) is 13.5 Å². The van der Waals surface area contributed by atoms with Crippen molar-refractivity contribution in [2.45, 2.75) is 32.2 Å². The number of carbonyl (C=O) groups is 1. The number of amides is 1. The van der Waals surface area contributed by atoms with Gasteiger partial charge < -0.3 is 15.0 Å². The predicted octanol–water partition coefficient (Wildman–Crippen LogP) is 3.54. The molecule has 0 aliphatic carbocycles. The van der Waals surface area contributed by atoms with Gasteiger partial charge in [-0.05, 0) is 43.0 Å². The molecule has 4 heteroatoms. The number of benzene rings is 2. The fraction of sp³-hybridized carbons (Fsp3) is 0.381. The molecule has 1 saturated heterocycles. The Labute approximate surface area is 149 Å². The van der Waals surface area contributed by atoms with Crippen LogP contribution in [0.15, 0.2) is 48.5 Å². The number of ether oxygens (including phenoxy) is 1. The standard InChI is InChI=1S/C21H26N2O2/c1-25-20-8-4-3-7-18(20)16-22-21(24)15-17-9-11-19(12-10-17)23-13-5-2-6-14-23/h3-4,7-12H,2,5-6,13-16H2,1H3,(H,22,24). The van der Waals surface area contributed by atoms with Gasteiger partial charge in [0, 0.05) is 30.9 Å². The van der Waals surface area contributed by atoms with E-state index < -0.39 is 0 Å². The molecule has 1 amide bonds. The SMILES string of the molecule is COc1ccccc1CNC(=O)Cc1ccc(N2CCCCC2)cc1. The first-order chi connectivity index (χ1) is 12.3. The van der Waals surface area contributed by atoms with E-state index in [4.69, 9.17) is 4.74 Å². The van der Waals surface area contributed by atoms with Crippen molar-refractivity contribution in [2.75, 3.05) is 25.1 Å². The first-order valence-corrected chi connectivity index (χ1v) is 8.99. The number of rotatable bonds is 6. The van der Waals surface area contributed by atoms with Crippen LogP contribution in [0.25, 0.3) is 0 Å². The van der Waals surface area contributed by atoms with Crippen molar-refractivity contribution in [1.29, 1.82) is 0 Å². The van der Waals surface area contributed by atoms with Crippen LogP contribution in [-0.4, -0.2) is 26.1 Å². The second kappa shape index (κ2) is 8.56. The van der Waals surface area contributed by atoms with Crippen LogP contribution in [-0.2, 0) is 17.8 Å². The van der Waals surface area contributed by atoms with Crippen molar-refractivity contribution in [2.24, 2.45) is 0 Å². The van der Waals surface area contributed by atoms with E-state index in [1.54, 1.807) is 7.11 Å². The van der Waals surface area contributed by atoms with E-state index in [1.165, 1.54) is 24.9 Å². The van der Waals surface area contributed by atoms with Crippen LogP contribution in [0.5, 0.6) is 5.75 Å². The highest BCUT2D eigenvalue weighted by atomic mass is 16.5. The van der Waals surface area contributed by atoms with Crippen LogP contribution >= 0.6 is 0 Å². The monoisotopic (exact) mass is 338 g/mol. The van der Waals surface area contributed by atoms with Crippen LogP contribution in [0.2, 0.25) is 0 Å². The van der Waals surface area contributed by atoms with Crippen molar-refractivity contribution in [3.05, 3.63) is 59.7 Å². The maximum absolute atomic E-state index is 12.2. The van der Waals surface area contributed by atoms with Crippen molar-refractivity contribution < 1.29 is 9.53 Å². The maximum Gasteiger partial charge on any atom is 0.224 e. The highest BCUT2D eigenvalue weighted by molar-refractivity contribution is 5.78. The molecule has 0 saturated carbocycles. The Kier molecular flexibility index (Phi) is 5.94. The zero-order valence-electron chi connectivity index (χ0n) is 14.8. The fourth-order valence-corrected chi connectivity index (χ4v) is 3.27. The molecule has 1 N–H and O–H groups in total. The summed E-state index contributed by atoms with van der Waals surface area (Å²) in [6.07, 6.45) is 4.27. The van der Waals surface area contributed by atoms with Crippen molar-refractivity contribution >= 4 is 11.6 Å². The number of hydrogen-bond acceptors (Lipinski definition) is 3. The Morgan fingerprint density at radius 2 is 1.76 bits per heavy atom. The number of nitrogens with zero attached hydrogens (tertiary/aromatic N) is 1. The minimum Gasteiger partial charge on any atom is -0.496 e. The highest BCUT2D eigenvalue weighted by Crippen LogP contribution is 2.20. The van der Waals surface area contributed by atoms with Gasteiger partial charge >= 0.3 is 0 Å². The van der Waals surface area contributed by atoms with E-state index in [0.29, 0.717) is 13.0 Å². The van der Waals surface area contributed by atoms with Gasteiger partial charge in [-0.3, -0.25) is 4.79 Å². The Morgan fingerprint density at radius 3 is 2.48 bits per heavy atom. The van der Waals surface area contributed by atoms with Gasteiger partial charge in [0.2, 0.25) is 5.91 Å². The molecule has 2 aromatic rings. The molecule has 0 aromatic heterocycles. The first-order valence-electron chi connectivity index (χ1n) is 8.99. The number of nitrogens with one attached hydrogen (secondary N) is 1. The molecule has 4 nitrogen and oxygen atoms in total. The van der Waals surface area contributed by atoms with Crippen molar-refractivity contribution in [1.82, 2.24) is 5.32 Å². The van der Waals surface area contributed by atoms with Gasteiger partial charge in [-0.2, -0.15) is 0 Å². The zero-order chi connectivity index (χ0) is 17.5. The Hall–Kier alpha value is -2.49. The smallest absolute Gasteiger partial charge is 0.224 e. The van der Waals surface area contributed by atoms with Crippen molar-refractivity contribution in [3.8, 4) is 5.75 Å². The summed E-state index contributed by atoms with van der Waals surface area (Å²) >= 11 is 0. The second-order valence-electron chi connectivity index (χ2n) is 6.48. The molecule has 0 unspecified atom stereocenters. The molecule has 0 bridgehead atoms. The Morgan fingerprint density at radius 1 is 1.04 bits per heavy atom. The molecule has 0 atom stereocenters. The molecule has 1 heterocycles. The summed E-state index contributed by atoms with van der Waals surface area (Å²) in [6.45, 7) is 2.76. The molecule has 1 aliphatic rings. The summed E-state index contributed by atoms with van der Waals surface area (Å²) in [4.78, 5) is 14.6. The van der Waals surface area contributed by atoms with Crippen LogP contribution in [0.3, 0.4) is 0 Å². The molecular formula is C21H26N2O2. The third kappa shape index (κ3) is 4.75. The molecule has 3 rings (SSSR count). The lowest BCUT2D eigenvalue weighted by Crippen LogP contribution is -2.29. The fourth-order valence-electron chi connectivity index (χ4n) is 3.27. The Bertz CT molecular complexity index is 691. The van der Waals surface area contributed by atoms with E-state index in [-0.39, 0.29) is 5.91 Å². The molecule has 1 aliphatic heterocycles. The van der Waals surface area contributed by atoms with Crippen LogP contribution in [0, 0.1) is 0 Å². The number of para-hydroxylation sites is 1. The average Bonchev–Trinajstić information content (AvgIpc) is 2.68. The topological polar surface area (TPSA) is 41.6 Å². The molecule has 25 heavy (non-hydrogen) atoms. The van der Waals surface area contributed by atoms with E-state index >= 15 is 0 Å². The van der Waals surface area contributed by atoms with Crippen molar-refractivity contribution in [3.63, 3.8) is 0 Å². The minimum atomic E-state index is 0.0247. The number of anilines is 1. The summed E-state index contributed by atoms with van der Waals surface area (Å²) < 4.78 is 5.31. The van der Waals surface area contributed by atoms with Gasteiger partial charge in [-0.25, -0.2) is 0 Å². The van der Waals surface area contributed by atoms with Gasteiger partial charge in [-0.15, -0.1) is 0 Å². The molecule has 1 fully saturated rings. The second-order valence-corrected chi connectivity index (χ2v) is 6.48. The predicted molar refractivity (Wildman–Crippen MR) is 101 cm³/mol. The lowest BCUT2D eigenvalue weighted by Gasteiger charge is -2.28. The third-order valence-corrected chi connectivity index (χ3v) is 4.69. The Balaban J connectivity index is 1.52. The highest BCUT2D eigenvalue weighted by Gasteiger charge is 2.11. The third-order valence-electron chi connectivity index (χ3n) is 4.69. The number of methoxy groups -OCH3 is 1. The first kappa shape index (κ1) is 17.3. The van der Waals surface area contributed by atoms with E-state index in [2.05, 4.69) is 34.5 Å². The molecule has 0 radical (unpaired) electrons. The number of carbonyl (C=O) groups excluding carboxylic acids is 1. The zero-order valence-corrected chi connectivity index (χ0v) is 14.8. The summed E-state index contributed by atoms with van der Waals surface area (Å²) in [5.74, 6) is 0.824. The van der Waals surface area contributed by atoms with E-state index in [9.17, 15) is 4.79 Å². The molecule has 2 aromatic carbocycles. The molecule has 132 valence electrons. The lowest BCUT2D eigenvalue weighted by atomic mass is 10.1. The van der Waals surface area contributed by atoms with Gasteiger partial charge in [0.25, 0.3) is 0 Å². The van der Waals surface area contributed by atoms with Gasteiger partial charge in [-0.1, -0.05) is 30.3 Å². The largest absolute Gasteiger partial charge is 0.496 e. The average molecular weight is 338 g/mol. The van der Waals surface area contributed by atoms with Gasteiger partial charge in [0.15, 0.2) is 0 Å². The van der Waals surface area contributed by atoms with E-state index in [1.807, 2.05) is 24.3 Å². The molecule has 0 spiro atoms. The van der Waals surface area contributed by atoms with Crippen LogP contribution in [0.4, 0.5) is 5.69 Å². The lowest BCUT2D eigenvalue weighted by molar-refractivity contribution is -0.120. The summed E-state index contributed by atoms with van der Waals surface area (Å²) in [6, 6.07) is 16.1. The molecular weight excluding hydrogens is 312 g/mol. The minimum absolute atomic E-state index is 0.0247. The van der Waals surface area contributed by atoms with E-state index in [0.717, 1.165) is 30.0 Å². The number of hydrogen-bond donors (Lipinski definition) is 1. The quantitative estimate of drug-likeness (QED) is 0.876. The maximum atomic E-state index is 12.2. The summed E-state index contributed by atoms with van der Waals surface area (Å²) in [5.41, 5.74) is 3.29. The van der Waals surface area contributed by atoms with Crippen LogP contribution in [0.1, 0.15) is 30.4 Å². The number of piperidine rings is 1. The summed E-state index contributed by atoms with van der Waals surface area (Å²) in [7, 11) is 1.64.